The predicted octanol–water partition coefficient (Wildman–Crippen LogP) is 3.07. The van der Waals surface area contributed by atoms with Gasteiger partial charge >= 0.3 is 0 Å². The maximum atomic E-state index is 4.93. The van der Waals surface area contributed by atoms with Crippen LogP contribution in [0.15, 0.2) is 43.0 Å². The van der Waals surface area contributed by atoms with E-state index in [0.717, 1.165) is 61.9 Å². The Morgan fingerprint density at radius 3 is 2.69 bits per heavy atom. The fraction of sp³-hybridized carbons (Fsp3) is 0.409. The summed E-state index contributed by atoms with van der Waals surface area (Å²) in [6.07, 6.45) is 11.5. The van der Waals surface area contributed by atoms with Crippen LogP contribution in [0.3, 0.4) is 0 Å². The summed E-state index contributed by atoms with van der Waals surface area (Å²) in [6, 6.07) is 5.98. The van der Waals surface area contributed by atoms with Crippen LogP contribution in [0.1, 0.15) is 42.0 Å². The predicted molar refractivity (Wildman–Crippen MR) is 112 cm³/mol. The van der Waals surface area contributed by atoms with Crippen LogP contribution in [0.4, 0.5) is 11.6 Å². The second kappa shape index (κ2) is 7.39. The molecule has 0 radical (unpaired) electrons. The normalized spacial score (nSPS) is 17.3. The lowest BCUT2D eigenvalue weighted by Gasteiger charge is -2.39. The fourth-order valence-electron chi connectivity index (χ4n) is 4.68. The third kappa shape index (κ3) is 3.41. The summed E-state index contributed by atoms with van der Waals surface area (Å²) in [4.78, 5) is 25.1. The van der Waals surface area contributed by atoms with E-state index in [1.54, 1.807) is 12.4 Å². The van der Waals surface area contributed by atoms with Gasteiger partial charge < -0.3 is 10.2 Å². The van der Waals surface area contributed by atoms with Gasteiger partial charge in [-0.05, 0) is 44.7 Å². The highest BCUT2D eigenvalue weighted by Gasteiger charge is 2.44. The SMILES string of the molecule is Cc1nc(NCc2ccccn2)c2c(n1)C1(CC2)CCN(c2cnccn2)CC1. The Morgan fingerprint density at radius 1 is 1.03 bits per heavy atom. The number of nitrogens with one attached hydrogen (secondary N) is 1. The largest absolute Gasteiger partial charge is 0.364 e. The first-order chi connectivity index (χ1) is 14.2. The Balaban J connectivity index is 1.37. The molecule has 0 unspecified atom stereocenters. The first kappa shape index (κ1) is 18.0. The number of pyridine rings is 1. The van der Waals surface area contributed by atoms with Crippen molar-refractivity contribution < 1.29 is 0 Å². The third-order valence-corrected chi connectivity index (χ3v) is 6.23. The summed E-state index contributed by atoms with van der Waals surface area (Å²) in [7, 11) is 0. The van der Waals surface area contributed by atoms with Crippen LogP contribution in [0.5, 0.6) is 0 Å². The molecule has 1 fully saturated rings. The van der Waals surface area contributed by atoms with E-state index in [4.69, 9.17) is 9.97 Å². The maximum absolute atomic E-state index is 4.93. The van der Waals surface area contributed by atoms with Gasteiger partial charge in [0.05, 0.1) is 24.1 Å². The molecule has 148 valence electrons. The molecule has 0 aromatic carbocycles. The summed E-state index contributed by atoms with van der Waals surface area (Å²) < 4.78 is 0. The van der Waals surface area contributed by atoms with Crippen molar-refractivity contribution in [2.75, 3.05) is 23.3 Å². The van der Waals surface area contributed by atoms with Crippen molar-refractivity contribution in [3.63, 3.8) is 0 Å². The minimum absolute atomic E-state index is 0.156. The third-order valence-electron chi connectivity index (χ3n) is 6.23. The summed E-state index contributed by atoms with van der Waals surface area (Å²) in [6.45, 7) is 4.64. The Hall–Kier alpha value is -3.09. The van der Waals surface area contributed by atoms with E-state index < -0.39 is 0 Å². The average Bonchev–Trinajstić information content (AvgIpc) is 3.12. The van der Waals surface area contributed by atoms with Gasteiger partial charge in [-0.3, -0.25) is 9.97 Å². The van der Waals surface area contributed by atoms with E-state index in [-0.39, 0.29) is 5.41 Å². The number of anilines is 2. The molecule has 1 spiro atoms. The molecule has 7 nitrogen and oxygen atoms in total. The molecule has 2 aliphatic rings. The van der Waals surface area contributed by atoms with Crippen LogP contribution in [-0.4, -0.2) is 38.0 Å². The van der Waals surface area contributed by atoms with Crippen molar-refractivity contribution in [3.8, 4) is 0 Å². The highest BCUT2D eigenvalue weighted by atomic mass is 15.2. The summed E-state index contributed by atoms with van der Waals surface area (Å²) in [5.41, 5.74) is 3.72. The zero-order valence-corrected chi connectivity index (χ0v) is 16.7. The zero-order chi connectivity index (χ0) is 19.7. The van der Waals surface area contributed by atoms with Crippen molar-refractivity contribution in [3.05, 3.63) is 65.8 Å². The van der Waals surface area contributed by atoms with Crippen molar-refractivity contribution in [1.29, 1.82) is 0 Å². The molecule has 0 bridgehead atoms. The van der Waals surface area contributed by atoms with Gasteiger partial charge in [0.25, 0.3) is 0 Å². The monoisotopic (exact) mass is 387 g/mol. The van der Waals surface area contributed by atoms with Gasteiger partial charge in [0.15, 0.2) is 0 Å². The molecule has 29 heavy (non-hydrogen) atoms. The lowest BCUT2D eigenvalue weighted by Crippen LogP contribution is -2.42. The fourth-order valence-corrected chi connectivity index (χ4v) is 4.68. The average molecular weight is 387 g/mol. The molecule has 1 N–H and O–H groups in total. The van der Waals surface area contributed by atoms with Gasteiger partial charge in [-0.1, -0.05) is 6.07 Å². The molecule has 1 saturated heterocycles. The lowest BCUT2D eigenvalue weighted by atomic mass is 9.76. The van der Waals surface area contributed by atoms with Gasteiger partial charge in [0, 0.05) is 42.7 Å². The van der Waals surface area contributed by atoms with Crippen molar-refractivity contribution in [1.82, 2.24) is 24.9 Å². The van der Waals surface area contributed by atoms with Crippen LogP contribution >= 0.6 is 0 Å². The quantitative estimate of drug-likeness (QED) is 0.737. The molecule has 4 heterocycles. The Kier molecular flexibility index (Phi) is 4.58. The molecule has 5 rings (SSSR count). The van der Waals surface area contributed by atoms with Crippen molar-refractivity contribution in [2.24, 2.45) is 0 Å². The van der Waals surface area contributed by atoms with Crippen molar-refractivity contribution >= 4 is 11.6 Å². The van der Waals surface area contributed by atoms with Gasteiger partial charge in [-0.2, -0.15) is 0 Å². The summed E-state index contributed by atoms with van der Waals surface area (Å²) in [5, 5.41) is 3.52. The highest BCUT2D eigenvalue weighted by molar-refractivity contribution is 5.53. The van der Waals surface area contributed by atoms with E-state index in [9.17, 15) is 0 Å². The smallest absolute Gasteiger partial charge is 0.147 e. The van der Waals surface area contributed by atoms with Crippen molar-refractivity contribution in [2.45, 2.75) is 44.6 Å². The molecule has 7 heteroatoms. The molecule has 0 atom stereocenters. The van der Waals surface area contributed by atoms with Gasteiger partial charge in [0.1, 0.15) is 17.5 Å². The molecule has 1 aliphatic heterocycles. The summed E-state index contributed by atoms with van der Waals surface area (Å²) in [5.74, 6) is 2.79. The summed E-state index contributed by atoms with van der Waals surface area (Å²) >= 11 is 0. The minimum Gasteiger partial charge on any atom is -0.364 e. The molecule has 3 aromatic heterocycles. The number of aryl methyl sites for hydroxylation is 1. The second-order valence-corrected chi connectivity index (χ2v) is 7.95. The zero-order valence-electron chi connectivity index (χ0n) is 16.7. The number of fused-ring (bicyclic) bond motifs is 2. The van der Waals surface area contributed by atoms with Crippen LogP contribution in [0, 0.1) is 6.92 Å². The van der Waals surface area contributed by atoms with Gasteiger partial charge in [-0.15, -0.1) is 0 Å². The van der Waals surface area contributed by atoms with Gasteiger partial charge in [0.2, 0.25) is 0 Å². The standard InChI is InChI=1S/C22H25N7/c1-16-27-20-18(21(28-16)26-14-17-4-2-3-9-24-17)5-6-22(20)7-12-29(13-8-22)19-15-23-10-11-25-19/h2-4,9-11,15H,5-8,12-14H2,1H3,(H,26,27,28). The number of aromatic nitrogens is 5. The van der Waals surface area contributed by atoms with E-state index in [1.165, 1.54) is 11.3 Å². The van der Waals surface area contributed by atoms with E-state index >= 15 is 0 Å². The Labute approximate surface area is 170 Å². The lowest BCUT2D eigenvalue weighted by molar-refractivity contribution is 0.321. The van der Waals surface area contributed by atoms with Crippen LogP contribution in [0.2, 0.25) is 0 Å². The van der Waals surface area contributed by atoms with E-state index in [2.05, 4.69) is 25.2 Å². The van der Waals surface area contributed by atoms with Crippen LogP contribution in [-0.2, 0) is 18.4 Å². The maximum Gasteiger partial charge on any atom is 0.147 e. The Bertz CT molecular complexity index is 983. The number of piperidine rings is 1. The highest BCUT2D eigenvalue weighted by Crippen LogP contribution is 2.47. The molecule has 0 amide bonds. The van der Waals surface area contributed by atoms with Gasteiger partial charge in [-0.25, -0.2) is 15.0 Å². The Morgan fingerprint density at radius 2 is 1.93 bits per heavy atom. The first-order valence-corrected chi connectivity index (χ1v) is 10.3. The van der Waals surface area contributed by atoms with E-state index in [0.29, 0.717) is 6.54 Å². The van der Waals surface area contributed by atoms with Crippen LogP contribution < -0.4 is 10.2 Å². The topological polar surface area (TPSA) is 79.7 Å². The second-order valence-electron chi connectivity index (χ2n) is 7.95. The van der Waals surface area contributed by atoms with E-state index in [1.807, 2.05) is 37.5 Å². The molecule has 3 aromatic rings. The molecule has 0 saturated carbocycles. The molecular formula is C22H25N7. The van der Waals surface area contributed by atoms with Crippen LogP contribution in [0.25, 0.3) is 0 Å². The number of rotatable bonds is 4. The first-order valence-electron chi connectivity index (χ1n) is 10.3. The number of hydrogen-bond donors (Lipinski definition) is 1. The molecular weight excluding hydrogens is 362 g/mol. The minimum atomic E-state index is 0.156. The number of hydrogen-bond acceptors (Lipinski definition) is 7. The number of nitrogens with zero attached hydrogens (tertiary/aromatic N) is 6. The molecule has 1 aliphatic carbocycles.